The highest BCUT2D eigenvalue weighted by molar-refractivity contribution is 6.03. The molecule has 0 aliphatic carbocycles. The third-order valence-corrected chi connectivity index (χ3v) is 12.1. The lowest BCUT2D eigenvalue weighted by Crippen LogP contribution is -2.63. The van der Waals surface area contributed by atoms with E-state index in [1.54, 1.807) is 7.11 Å². The van der Waals surface area contributed by atoms with Gasteiger partial charge in [0.2, 0.25) is 5.88 Å². The monoisotopic (exact) mass is 740 g/mol. The highest BCUT2D eigenvalue weighted by Crippen LogP contribution is 2.47. The molecule has 0 unspecified atom stereocenters. The number of hydrogen-bond donors (Lipinski definition) is 0. The van der Waals surface area contributed by atoms with E-state index in [9.17, 15) is 4.79 Å². The minimum Gasteiger partial charge on any atom is -0.475 e. The summed E-state index contributed by atoms with van der Waals surface area (Å²) in [6.45, 7) is 11.0. The zero-order valence-corrected chi connectivity index (χ0v) is 31.8. The number of ether oxygens (including phenoxy) is 5. The highest BCUT2D eigenvalue weighted by Gasteiger charge is 2.52. The number of methoxy groups -OCH3 is 1. The summed E-state index contributed by atoms with van der Waals surface area (Å²) in [5, 5.41) is 2.18. The number of benzene rings is 2. The maximum atomic E-state index is 17.6. The van der Waals surface area contributed by atoms with Crippen LogP contribution in [0.4, 0.5) is 15.0 Å². The Balaban J connectivity index is 1.20. The predicted molar refractivity (Wildman–Crippen MR) is 202 cm³/mol. The lowest BCUT2D eigenvalue weighted by molar-refractivity contribution is 0.00537. The van der Waals surface area contributed by atoms with Gasteiger partial charge in [0, 0.05) is 19.2 Å². The summed E-state index contributed by atoms with van der Waals surface area (Å²) in [7, 11) is 1.56. The number of rotatable bonds is 8. The van der Waals surface area contributed by atoms with E-state index in [2.05, 4.69) is 22.8 Å². The van der Waals surface area contributed by atoms with Crippen molar-refractivity contribution < 1.29 is 32.9 Å². The summed E-state index contributed by atoms with van der Waals surface area (Å²) in [4.78, 5) is 35.1. The van der Waals surface area contributed by atoms with Crippen LogP contribution in [0.15, 0.2) is 30.3 Å². The van der Waals surface area contributed by atoms with Gasteiger partial charge in [-0.2, -0.15) is 9.97 Å². The first-order valence-electron chi connectivity index (χ1n) is 19.4. The van der Waals surface area contributed by atoms with E-state index >= 15 is 4.39 Å². The number of amides is 1. The smallest absolute Gasteiger partial charge is 0.410 e. The lowest BCUT2D eigenvalue weighted by atomic mass is 9.95. The zero-order valence-electron chi connectivity index (χ0n) is 31.8. The number of nitrogens with zero attached hydrogens (tertiary/aromatic N) is 6. The normalized spacial score (nSPS) is 23.0. The van der Waals surface area contributed by atoms with Crippen LogP contribution >= 0.6 is 0 Å². The predicted octanol–water partition coefficient (Wildman–Crippen LogP) is 6.89. The van der Waals surface area contributed by atoms with Gasteiger partial charge in [0.25, 0.3) is 0 Å². The van der Waals surface area contributed by atoms with Gasteiger partial charge in [0.15, 0.2) is 12.6 Å². The van der Waals surface area contributed by atoms with Crippen molar-refractivity contribution >= 4 is 33.6 Å². The molecule has 0 spiro atoms. The standard InChI is InChI=1S/C41H49FN6O6/c1-6-24-10-7-11-25-18-27(53-23-50-5)19-28(31(24)25)34-33(42)35-32-36(45-38(44-35)52-22-41-14-8-16-46(41)17-9-15-41)47-20-26-12-13-29(30(47)21-51-37(32)43-34)48(26)39(49)54-40(2,3)4/h7,10-11,18-19,26,29-30H,6,8-9,12-17,20-23H2,1-5H3/t26-,29+,30-/m1/s1. The van der Waals surface area contributed by atoms with Crippen LogP contribution < -0.4 is 19.1 Å². The minimum absolute atomic E-state index is 0.0380. The Bertz CT molecular complexity index is 2110. The van der Waals surface area contributed by atoms with Crippen LogP contribution in [0.2, 0.25) is 0 Å². The van der Waals surface area contributed by atoms with Crippen LogP contribution in [0.25, 0.3) is 32.9 Å². The van der Waals surface area contributed by atoms with Crippen LogP contribution in [-0.4, -0.2) is 107 Å². The van der Waals surface area contributed by atoms with E-state index in [0.717, 1.165) is 74.4 Å². The lowest BCUT2D eigenvalue weighted by Gasteiger charge is -2.46. The summed E-state index contributed by atoms with van der Waals surface area (Å²) < 4.78 is 47.8. The zero-order chi connectivity index (χ0) is 37.4. The third-order valence-electron chi connectivity index (χ3n) is 12.1. The van der Waals surface area contributed by atoms with Gasteiger partial charge in [0.1, 0.15) is 47.0 Å². The van der Waals surface area contributed by atoms with E-state index in [-0.39, 0.29) is 66.3 Å². The molecule has 4 fully saturated rings. The Morgan fingerprint density at radius 2 is 1.85 bits per heavy atom. The van der Waals surface area contributed by atoms with Gasteiger partial charge in [-0.05, 0) is 107 Å². The summed E-state index contributed by atoms with van der Waals surface area (Å²) in [6, 6.07) is 9.35. The van der Waals surface area contributed by atoms with Gasteiger partial charge in [-0.25, -0.2) is 14.2 Å². The van der Waals surface area contributed by atoms with Crippen molar-refractivity contribution in [1.29, 1.82) is 0 Å². The van der Waals surface area contributed by atoms with Crippen molar-refractivity contribution in [2.24, 2.45) is 0 Å². The van der Waals surface area contributed by atoms with E-state index in [4.69, 9.17) is 38.6 Å². The first-order valence-corrected chi connectivity index (χ1v) is 19.4. The van der Waals surface area contributed by atoms with Gasteiger partial charge >= 0.3 is 12.1 Å². The number of hydrogen-bond acceptors (Lipinski definition) is 11. The quantitative estimate of drug-likeness (QED) is 0.176. The molecule has 54 heavy (non-hydrogen) atoms. The summed E-state index contributed by atoms with van der Waals surface area (Å²) in [5.74, 6) is 0.714. The van der Waals surface area contributed by atoms with Gasteiger partial charge in [-0.1, -0.05) is 25.1 Å². The van der Waals surface area contributed by atoms with Crippen molar-refractivity contribution in [2.45, 2.75) is 102 Å². The van der Waals surface area contributed by atoms with Crippen molar-refractivity contribution in [3.8, 4) is 28.9 Å². The second-order valence-corrected chi connectivity index (χ2v) is 16.4. The average Bonchev–Trinajstić information content (AvgIpc) is 3.80. The molecule has 4 aromatic rings. The summed E-state index contributed by atoms with van der Waals surface area (Å²) in [5.41, 5.74) is 1.13. The molecule has 5 aliphatic heterocycles. The van der Waals surface area contributed by atoms with Crippen LogP contribution in [0, 0.1) is 5.82 Å². The van der Waals surface area contributed by atoms with Crippen LogP contribution in [-0.2, 0) is 15.9 Å². The topological polar surface area (TPSA) is 112 Å². The van der Waals surface area contributed by atoms with Crippen molar-refractivity contribution in [2.75, 3.05) is 51.7 Å². The molecule has 0 N–H and O–H groups in total. The molecule has 12 nitrogen and oxygen atoms in total. The van der Waals surface area contributed by atoms with E-state index < -0.39 is 11.4 Å². The number of aromatic nitrogens is 3. The van der Waals surface area contributed by atoms with Gasteiger partial charge in [0.05, 0.1) is 23.7 Å². The first-order chi connectivity index (χ1) is 26.1. The molecule has 9 rings (SSSR count). The van der Waals surface area contributed by atoms with E-state index in [1.807, 2.05) is 49.9 Å². The molecule has 0 radical (unpaired) electrons. The Morgan fingerprint density at radius 1 is 1.04 bits per heavy atom. The molecular weight excluding hydrogens is 691 g/mol. The fourth-order valence-electron chi connectivity index (χ4n) is 9.74. The van der Waals surface area contributed by atoms with E-state index in [1.165, 1.54) is 0 Å². The second kappa shape index (κ2) is 13.4. The molecule has 3 atom stereocenters. The third kappa shape index (κ3) is 5.85. The Hall–Kier alpha value is -4.49. The van der Waals surface area contributed by atoms with Gasteiger partial charge < -0.3 is 28.6 Å². The molecule has 2 aromatic heterocycles. The molecular formula is C41H49FN6O6. The number of piperazine rings is 1. The van der Waals surface area contributed by atoms with Gasteiger partial charge in [-0.15, -0.1) is 0 Å². The van der Waals surface area contributed by atoms with E-state index in [0.29, 0.717) is 35.7 Å². The summed E-state index contributed by atoms with van der Waals surface area (Å²) in [6.07, 6.45) is 6.38. The SMILES string of the molecule is CCc1cccc2cc(OCOC)cc(-c3nc4c5c(nc(OCC67CCCN6CCC7)nc5c3F)N3C[C@H]5CC[C@@H]([C@H]3CO4)N5C(=O)OC(C)(C)C)c12. The fraction of sp³-hybridized carbons (Fsp3) is 0.561. The Morgan fingerprint density at radius 3 is 2.61 bits per heavy atom. The molecule has 5 aliphatic rings. The van der Waals surface area contributed by atoms with Crippen molar-refractivity contribution in [1.82, 2.24) is 24.8 Å². The maximum absolute atomic E-state index is 17.6. The number of aryl methyl sites for hydroxylation is 1. The Labute approximate surface area is 314 Å². The molecule has 0 saturated carbocycles. The second-order valence-electron chi connectivity index (χ2n) is 16.4. The highest BCUT2D eigenvalue weighted by atomic mass is 19.1. The molecule has 2 aromatic carbocycles. The Kier molecular flexibility index (Phi) is 8.72. The molecule has 13 heteroatoms. The molecule has 7 heterocycles. The van der Waals surface area contributed by atoms with Crippen LogP contribution in [0.1, 0.15) is 71.8 Å². The average molecular weight is 741 g/mol. The number of anilines is 1. The van der Waals surface area contributed by atoms with Gasteiger partial charge in [-0.3, -0.25) is 9.80 Å². The summed E-state index contributed by atoms with van der Waals surface area (Å²) >= 11 is 0. The molecule has 1 amide bonds. The van der Waals surface area contributed by atoms with Crippen molar-refractivity contribution in [3.05, 3.63) is 41.7 Å². The largest absolute Gasteiger partial charge is 0.475 e. The number of pyridine rings is 1. The molecule has 4 saturated heterocycles. The molecule has 2 bridgehead atoms. The molecule has 286 valence electrons. The fourth-order valence-corrected chi connectivity index (χ4v) is 9.74. The van der Waals surface area contributed by atoms with Crippen LogP contribution in [0.3, 0.4) is 0 Å². The van der Waals surface area contributed by atoms with Crippen LogP contribution in [0.5, 0.6) is 17.6 Å². The minimum atomic E-state index is -0.631. The number of carbonyl (C=O) groups is 1. The number of halogens is 1. The van der Waals surface area contributed by atoms with Crippen molar-refractivity contribution in [3.63, 3.8) is 0 Å². The first kappa shape index (κ1) is 35.2. The number of carbonyl (C=O) groups excluding carboxylic acids is 1. The maximum Gasteiger partial charge on any atom is 0.410 e. The number of fused-ring (bicyclic) bond motifs is 7.